The lowest BCUT2D eigenvalue weighted by Gasteiger charge is -2.30. The van der Waals surface area contributed by atoms with Crippen LogP contribution in [0.15, 0.2) is 16.8 Å². The smallest absolute Gasteiger partial charge is 0.227 e. The summed E-state index contributed by atoms with van der Waals surface area (Å²) in [5, 5.41) is 6.65. The first-order valence-electron chi connectivity index (χ1n) is 6.34. The van der Waals surface area contributed by atoms with E-state index in [4.69, 9.17) is 0 Å². The minimum Gasteiger partial charge on any atom is -0.325 e. The first kappa shape index (κ1) is 14.5. The normalized spacial score (nSPS) is 18.4. The van der Waals surface area contributed by atoms with Gasteiger partial charge in [0.2, 0.25) is 15.9 Å². The topological polar surface area (TPSA) is 66.5 Å². The van der Waals surface area contributed by atoms with Crippen molar-refractivity contribution in [2.75, 3.05) is 24.2 Å². The molecule has 1 aliphatic heterocycles. The van der Waals surface area contributed by atoms with E-state index >= 15 is 0 Å². The van der Waals surface area contributed by atoms with Crippen molar-refractivity contribution in [3.05, 3.63) is 16.8 Å². The van der Waals surface area contributed by atoms with Gasteiger partial charge in [0.1, 0.15) is 0 Å². The Labute approximate surface area is 117 Å². The van der Waals surface area contributed by atoms with Gasteiger partial charge in [-0.1, -0.05) is 0 Å². The highest BCUT2D eigenvalue weighted by Gasteiger charge is 2.30. The van der Waals surface area contributed by atoms with Crippen LogP contribution in [0.5, 0.6) is 0 Å². The highest BCUT2D eigenvalue weighted by atomic mass is 32.2. The fourth-order valence-electron chi connectivity index (χ4n) is 2.16. The summed E-state index contributed by atoms with van der Waals surface area (Å²) in [5.41, 5.74) is 0.818. The molecule has 0 radical (unpaired) electrons. The van der Waals surface area contributed by atoms with Crippen molar-refractivity contribution in [2.45, 2.75) is 19.8 Å². The molecule has 1 amide bonds. The molecule has 106 valence electrons. The minimum absolute atomic E-state index is 0.00746. The summed E-state index contributed by atoms with van der Waals surface area (Å²) in [4.78, 5) is 12.0. The second-order valence-electron chi connectivity index (χ2n) is 4.58. The Hall–Kier alpha value is -0.920. The molecule has 0 unspecified atom stereocenters. The Morgan fingerprint density at radius 2 is 2.16 bits per heavy atom. The molecule has 2 heterocycles. The van der Waals surface area contributed by atoms with E-state index in [0.29, 0.717) is 25.9 Å². The molecule has 19 heavy (non-hydrogen) atoms. The average Bonchev–Trinajstić information content (AvgIpc) is 2.91. The van der Waals surface area contributed by atoms with Crippen LogP contribution < -0.4 is 5.32 Å². The maximum atomic E-state index is 12.0. The molecule has 0 aliphatic carbocycles. The molecular weight excluding hydrogens is 284 g/mol. The Balaban J connectivity index is 1.88. The molecule has 7 heteroatoms. The first-order chi connectivity index (χ1) is 9.03. The molecule has 0 bridgehead atoms. The van der Waals surface area contributed by atoms with Crippen LogP contribution in [0.25, 0.3) is 0 Å². The van der Waals surface area contributed by atoms with Crippen molar-refractivity contribution >= 4 is 33.0 Å². The third kappa shape index (κ3) is 3.55. The molecule has 1 N–H and O–H groups in total. The van der Waals surface area contributed by atoms with Crippen LogP contribution in [-0.2, 0) is 14.8 Å². The van der Waals surface area contributed by atoms with Gasteiger partial charge in [0.15, 0.2) is 0 Å². The van der Waals surface area contributed by atoms with E-state index in [0.717, 1.165) is 5.69 Å². The van der Waals surface area contributed by atoms with Gasteiger partial charge in [-0.15, -0.1) is 0 Å². The SMILES string of the molecule is CCS(=O)(=O)N1CCC(C(=O)Nc2ccsc2)CC1. The molecule has 1 saturated heterocycles. The number of nitrogens with one attached hydrogen (secondary N) is 1. The third-order valence-electron chi connectivity index (χ3n) is 3.37. The Kier molecular flexibility index (Phi) is 4.59. The number of sulfonamides is 1. The van der Waals surface area contributed by atoms with E-state index in [1.165, 1.54) is 15.6 Å². The molecule has 0 atom stereocenters. The fraction of sp³-hybridized carbons (Fsp3) is 0.583. The zero-order chi connectivity index (χ0) is 13.9. The van der Waals surface area contributed by atoms with Crippen molar-refractivity contribution in [3.8, 4) is 0 Å². The third-order valence-corrected chi connectivity index (χ3v) is 5.94. The van der Waals surface area contributed by atoms with E-state index in [1.54, 1.807) is 6.92 Å². The number of nitrogens with zero attached hydrogens (tertiary/aromatic N) is 1. The van der Waals surface area contributed by atoms with Crippen LogP contribution in [0.2, 0.25) is 0 Å². The quantitative estimate of drug-likeness (QED) is 0.921. The van der Waals surface area contributed by atoms with Gasteiger partial charge in [0.25, 0.3) is 0 Å². The number of thiophene rings is 1. The van der Waals surface area contributed by atoms with Gasteiger partial charge >= 0.3 is 0 Å². The molecule has 5 nitrogen and oxygen atoms in total. The van der Waals surface area contributed by atoms with E-state index in [-0.39, 0.29) is 17.6 Å². The molecule has 1 aromatic heterocycles. The van der Waals surface area contributed by atoms with Crippen LogP contribution in [0.4, 0.5) is 5.69 Å². The van der Waals surface area contributed by atoms with Gasteiger partial charge in [-0.3, -0.25) is 4.79 Å². The lowest BCUT2D eigenvalue weighted by molar-refractivity contribution is -0.120. The van der Waals surface area contributed by atoms with Crippen LogP contribution in [-0.4, -0.2) is 37.5 Å². The summed E-state index contributed by atoms with van der Waals surface area (Å²) in [6.07, 6.45) is 1.18. The predicted molar refractivity (Wildman–Crippen MR) is 76.7 cm³/mol. The number of piperidine rings is 1. The summed E-state index contributed by atoms with van der Waals surface area (Å²) in [6, 6.07) is 1.86. The highest BCUT2D eigenvalue weighted by Crippen LogP contribution is 2.22. The Bertz CT molecular complexity index is 517. The minimum atomic E-state index is -3.12. The van der Waals surface area contributed by atoms with Gasteiger partial charge in [0, 0.05) is 24.4 Å². The zero-order valence-electron chi connectivity index (χ0n) is 10.8. The standard InChI is InChI=1S/C12H18N2O3S2/c1-2-19(16,17)14-6-3-10(4-7-14)12(15)13-11-5-8-18-9-11/h5,8-10H,2-4,6-7H2,1H3,(H,13,15). The molecule has 2 rings (SSSR count). The van der Waals surface area contributed by atoms with E-state index in [9.17, 15) is 13.2 Å². The van der Waals surface area contributed by atoms with Crippen LogP contribution in [0.1, 0.15) is 19.8 Å². The lowest BCUT2D eigenvalue weighted by atomic mass is 9.97. The van der Waals surface area contributed by atoms with Crippen molar-refractivity contribution in [2.24, 2.45) is 5.92 Å². The van der Waals surface area contributed by atoms with Crippen molar-refractivity contribution in [3.63, 3.8) is 0 Å². The van der Waals surface area contributed by atoms with E-state index < -0.39 is 10.0 Å². The van der Waals surface area contributed by atoms with E-state index in [1.807, 2.05) is 16.8 Å². The number of hydrogen-bond donors (Lipinski definition) is 1. The Morgan fingerprint density at radius 3 is 2.68 bits per heavy atom. The second-order valence-corrected chi connectivity index (χ2v) is 7.61. The summed E-state index contributed by atoms with van der Waals surface area (Å²) < 4.78 is 24.9. The van der Waals surface area contributed by atoms with Gasteiger partial charge < -0.3 is 5.32 Å². The van der Waals surface area contributed by atoms with Crippen molar-refractivity contribution < 1.29 is 13.2 Å². The van der Waals surface area contributed by atoms with Gasteiger partial charge in [-0.05, 0) is 31.2 Å². The number of carbonyl (C=O) groups excluding carboxylic acids is 1. The molecule has 0 aromatic carbocycles. The van der Waals surface area contributed by atoms with Crippen LogP contribution in [0.3, 0.4) is 0 Å². The lowest BCUT2D eigenvalue weighted by Crippen LogP contribution is -2.42. The maximum Gasteiger partial charge on any atom is 0.227 e. The summed E-state index contributed by atoms with van der Waals surface area (Å²) in [7, 11) is -3.12. The van der Waals surface area contributed by atoms with Crippen molar-refractivity contribution in [1.29, 1.82) is 0 Å². The number of anilines is 1. The first-order valence-corrected chi connectivity index (χ1v) is 8.89. The Morgan fingerprint density at radius 1 is 1.47 bits per heavy atom. The van der Waals surface area contributed by atoms with Gasteiger partial charge in [0.05, 0.1) is 11.4 Å². The van der Waals surface area contributed by atoms with E-state index in [2.05, 4.69) is 5.32 Å². The molecular formula is C12H18N2O3S2. The summed E-state index contributed by atoms with van der Waals surface area (Å²) >= 11 is 1.53. The zero-order valence-corrected chi connectivity index (χ0v) is 12.5. The average molecular weight is 302 g/mol. The predicted octanol–water partition coefficient (Wildman–Crippen LogP) is 1.75. The molecule has 1 aromatic rings. The molecule has 1 fully saturated rings. The van der Waals surface area contributed by atoms with Crippen molar-refractivity contribution in [1.82, 2.24) is 4.31 Å². The van der Waals surface area contributed by atoms with Crippen LogP contribution in [0, 0.1) is 5.92 Å². The van der Waals surface area contributed by atoms with Crippen LogP contribution >= 0.6 is 11.3 Å². The number of rotatable bonds is 4. The summed E-state index contributed by atoms with van der Waals surface area (Å²) in [5.74, 6) is 0.0221. The maximum absolute atomic E-state index is 12.0. The van der Waals surface area contributed by atoms with Gasteiger partial charge in [-0.2, -0.15) is 11.3 Å². The highest BCUT2D eigenvalue weighted by molar-refractivity contribution is 7.89. The molecule has 1 aliphatic rings. The second kappa shape index (κ2) is 6.02. The monoisotopic (exact) mass is 302 g/mol. The van der Waals surface area contributed by atoms with Gasteiger partial charge in [-0.25, -0.2) is 12.7 Å². The molecule has 0 saturated carbocycles. The molecule has 0 spiro atoms. The number of amides is 1. The number of carbonyl (C=O) groups is 1. The summed E-state index contributed by atoms with van der Waals surface area (Å²) in [6.45, 7) is 2.53. The fourth-order valence-corrected chi connectivity index (χ4v) is 3.88. The number of hydrogen-bond acceptors (Lipinski definition) is 4. The largest absolute Gasteiger partial charge is 0.325 e.